The van der Waals surface area contributed by atoms with Gasteiger partial charge in [0, 0.05) is 24.4 Å². The molecule has 0 saturated carbocycles. The summed E-state index contributed by atoms with van der Waals surface area (Å²) < 4.78 is 28.0. The number of aryl methyl sites for hydroxylation is 1. The number of hydrogen-bond acceptors (Lipinski definition) is 1. The van der Waals surface area contributed by atoms with Gasteiger partial charge in [0.2, 0.25) is 0 Å². The van der Waals surface area contributed by atoms with Gasteiger partial charge < -0.3 is 0 Å². The van der Waals surface area contributed by atoms with Crippen molar-refractivity contribution >= 4 is 0 Å². The molecule has 3 rings (SSSR count). The lowest BCUT2D eigenvalue weighted by atomic mass is 9.94. The van der Waals surface area contributed by atoms with Crippen molar-refractivity contribution in [1.82, 2.24) is 9.78 Å². The van der Waals surface area contributed by atoms with Gasteiger partial charge in [0.1, 0.15) is 5.69 Å². The quantitative estimate of drug-likeness (QED) is 0.616. The first kappa shape index (κ1) is 15.9. The molecule has 0 aliphatic rings. The molecule has 0 unspecified atom stereocenters. The zero-order valence-corrected chi connectivity index (χ0v) is 13.4. The molecule has 0 aliphatic heterocycles. The number of alkyl halides is 2. The van der Waals surface area contributed by atoms with Gasteiger partial charge in [0.05, 0.1) is 0 Å². The van der Waals surface area contributed by atoms with Crippen molar-refractivity contribution in [2.24, 2.45) is 7.05 Å². The van der Waals surface area contributed by atoms with Gasteiger partial charge in [-0.1, -0.05) is 42.3 Å². The van der Waals surface area contributed by atoms with Crippen molar-refractivity contribution in [1.29, 1.82) is 0 Å². The van der Waals surface area contributed by atoms with Crippen LogP contribution in [0.4, 0.5) is 8.78 Å². The van der Waals surface area contributed by atoms with Crippen LogP contribution in [0.1, 0.15) is 24.6 Å². The van der Waals surface area contributed by atoms with Gasteiger partial charge in [-0.15, -0.1) is 5.92 Å². The molecular weight excluding hydrogens is 306 g/mol. The first-order valence-electron chi connectivity index (χ1n) is 7.54. The van der Waals surface area contributed by atoms with E-state index in [1.807, 2.05) is 48.5 Å². The molecule has 3 aromatic rings. The van der Waals surface area contributed by atoms with Gasteiger partial charge in [-0.25, -0.2) is 8.78 Å². The molecule has 0 saturated heterocycles. The molecule has 2 aromatic carbocycles. The van der Waals surface area contributed by atoms with Crippen LogP contribution in [0.15, 0.2) is 54.7 Å². The highest BCUT2D eigenvalue weighted by Gasteiger charge is 2.20. The van der Waals surface area contributed by atoms with Crippen LogP contribution in [0.25, 0.3) is 22.3 Å². The summed E-state index contributed by atoms with van der Waals surface area (Å²) in [6, 6.07) is 15.3. The lowest BCUT2D eigenvalue weighted by Gasteiger charge is -2.10. The molecule has 2 nitrogen and oxygen atoms in total. The van der Waals surface area contributed by atoms with E-state index in [1.54, 1.807) is 20.2 Å². The van der Waals surface area contributed by atoms with Crippen LogP contribution in [0.3, 0.4) is 0 Å². The van der Waals surface area contributed by atoms with E-state index in [9.17, 15) is 8.78 Å². The average Bonchev–Trinajstić information content (AvgIpc) is 2.98. The molecular formula is C20H16F2N2. The maximum Gasteiger partial charge on any atom is 0.282 e. The topological polar surface area (TPSA) is 17.8 Å². The minimum Gasteiger partial charge on any atom is -0.275 e. The number of hydrogen-bond donors (Lipinski definition) is 0. The van der Waals surface area contributed by atoms with Crippen LogP contribution < -0.4 is 0 Å². The Labute approximate surface area is 139 Å². The maximum absolute atomic E-state index is 13.3. The summed E-state index contributed by atoms with van der Waals surface area (Å²) in [6.45, 7) is 1.79. The zero-order valence-electron chi connectivity index (χ0n) is 13.4. The molecule has 0 atom stereocenters. The van der Waals surface area contributed by atoms with Crippen molar-refractivity contribution in [2.75, 3.05) is 0 Å². The Bertz CT molecular complexity index is 913. The monoisotopic (exact) mass is 322 g/mol. The van der Waals surface area contributed by atoms with E-state index in [0.29, 0.717) is 5.56 Å². The first-order chi connectivity index (χ1) is 11.6. The Morgan fingerprint density at radius 3 is 2.25 bits per heavy atom. The van der Waals surface area contributed by atoms with Gasteiger partial charge in [-0.3, -0.25) is 4.68 Å². The van der Waals surface area contributed by atoms with Gasteiger partial charge in [-0.2, -0.15) is 5.10 Å². The minimum atomic E-state index is -2.61. The summed E-state index contributed by atoms with van der Waals surface area (Å²) in [5, 5.41) is 3.91. The molecule has 0 radical (unpaired) electrons. The fourth-order valence-electron chi connectivity index (χ4n) is 2.72. The van der Waals surface area contributed by atoms with Gasteiger partial charge in [-0.05, 0) is 35.7 Å². The second-order valence-electron chi connectivity index (χ2n) is 5.40. The average molecular weight is 322 g/mol. The lowest BCUT2D eigenvalue weighted by Crippen LogP contribution is -1.92. The second-order valence-corrected chi connectivity index (χ2v) is 5.40. The van der Waals surface area contributed by atoms with E-state index in [0.717, 1.165) is 22.3 Å². The zero-order chi connectivity index (χ0) is 17.1. The highest BCUT2D eigenvalue weighted by atomic mass is 19.3. The third kappa shape index (κ3) is 3.07. The predicted octanol–water partition coefficient (Wildman–Crippen LogP) is 5.06. The summed E-state index contributed by atoms with van der Waals surface area (Å²) in [5.74, 6) is 5.86. The van der Waals surface area contributed by atoms with E-state index >= 15 is 0 Å². The molecule has 0 amide bonds. The van der Waals surface area contributed by atoms with Crippen LogP contribution >= 0.6 is 0 Å². The second kappa shape index (κ2) is 6.67. The molecule has 0 fully saturated rings. The highest BCUT2D eigenvalue weighted by molar-refractivity contribution is 5.84. The molecule has 1 aromatic heterocycles. The standard InChI is InChI=1S/C20H16F2N2/c1-3-6-14-9-11-15(12-10-14)16-7-4-5-8-17(16)18-13-24(2)23-19(18)20(21)22/h4-5,7-13,20H,1-2H3. The number of halogens is 2. The molecule has 1 heterocycles. The largest absolute Gasteiger partial charge is 0.282 e. The number of nitrogens with zero attached hydrogens (tertiary/aromatic N) is 2. The number of rotatable bonds is 3. The Morgan fingerprint density at radius 2 is 1.62 bits per heavy atom. The van der Waals surface area contributed by atoms with Crippen LogP contribution in [0.5, 0.6) is 0 Å². The van der Waals surface area contributed by atoms with Gasteiger partial charge in [0.15, 0.2) is 0 Å². The van der Waals surface area contributed by atoms with Crippen molar-refractivity contribution < 1.29 is 8.78 Å². The smallest absolute Gasteiger partial charge is 0.275 e. The lowest BCUT2D eigenvalue weighted by molar-refractivity contribution is 0.146. The molecule has 120 valence electrons. The van der Waals surface area contributed by atoms with Crippen LogP contribution in [0, 0.1) is 11.8 Å². The summed E-state index contributed by atoms with van der Waals surface area (Å²) in [6.07, 6.45) is -0.978. The third-order valence-corrected chi connectivity index (χ3v) is 3.75. The van der Waals surface area contributed by atoms with Crippen molar-refractivity contribution in [3.05, 3.63) is 66.0 Å². The van der Waals surface area contributed by atoms with Crippen LogP contribution in [-0.4, -0.2) is 9.78 Å². The number of benzene rings is 2. The fraction of sp³-hybridized carbons (Fsp3) is 0.150. The Balaban J connectivity index is 2.13. The Morgan fingerprint density at radius 1 is 0.958 bits per heavy atom. The molecule has 24 heavy (non-hydrogen) atoms. The minimum absolute atomic E-state index is 0.196. The fourth-order valence-corrected chi connectivity index (χ4v) is 2.72. The maximum atomic E-state index is 13.3. The van der Waals surface area contributed by atoms with Crippen molar-refractivity contribution in [3.63, 3.8) is 0 Å². The Hall–Kier alpha value is -2.93. The van der Waals surface area contributed by atoms with Gasteiger partial charge in [0.25, 0.3) is 6.43 Å². The van der Waals surface area contributed by atoms with Crippen molar-refractivity contribution in [3.8, 4) is 34.1 Å². The SMILES string of the molecule is CC#Cc1ccc(-c2ccccc2-c2cn(C)nc2C(F)F)cc1. The molecule has 0 spiro atoms. The molecule has 4 heteroatoms. The highest BCUT2D eigenvalue weighted by Crippen LogP contribution is 2.36. The number of aromatic nitrogens is 2. The molecule has 0 bridgehead atoms. The van der Waals surface area contributed by atoms with E-state index in [2.05, 4.69) is 16.9 Å². The Kier molecular flexibility index (Phi) is 4.43. The third-order valence-electron chi connectivity index (χ3n) is 3.75. The molecule has 0 N–H and O–H groups in total. The normalized spacial score (nSPS) is 10.5. The predicted molar refractivity (Wildman–Crippen MR) is 91.6 cm³/mol. The summed E-state index contributed by atoms with van der Waals surface area (Å²) in [4.78, 5) is 0. The first-order valence-corrected chi connectivity index (χ1v) is 7.54. The summed E-state index contributed by atoms with van der Waals surface area (Å²) >= 11 is 0. The van der Waals surface area contributed by atoms with E-state index in [-0.39, 0.29) is 5.69 Å². The van der Waals surface area contributed by atoms with E-state index in [1.165, 1.54) is 4.68 Å². The van der Waals surface area contributed by atoms with E-state index < -0.39 is 6.43 Å². The summed E-state index contributed by atoms with van der Waals surface area (Å²) in [7, 11) is 1.65. The summed E-state index contributed by atoms with van der Waals surface area (Å²) in [5.41, 5.74) is 3.78. The van der Waals surface area contributed by atoms with Gasteiger partial charge >= 0.3 is 0 Å². The van der Waals surface area contributed by atoms with Crippen LogP contribution in [-0.2, 0) is 7.05 Å². The molecule has 0 aliphatic carbocycles. The van der Waals surface area contributed by atoms with E-state index in [4.69, 9.17) is 0 Å². The van der Waals surface area contributed by atoms with Crippen molar-refractivity contribution in [2.45, 2.75) is 13.3 Å². The van der Waals surface area contributed by atoms with Crippen LogP contribution in [0.2, 0.25) is 0 Å².